The summed E-state index contributed by atoms with van der Waals surface area (Å²) in [5.74, 6) is -0.130. The molecule has 2 aromatic carbocycles. The Labute approximate surface area is 192 Å². The smallest absolute Gasteiger partial charge is 0.300 e. The van der Waals surface area contributed by atoms with Gasteiger partial charge in [0, 0.05) is 24.6 Å². The van der Waals surface area contributed by atoms with Crippen LogP contribution in [0.1, 0.15) is 38.8 Å². The summed E-state index contributed by atoms with van der Waals surface area (Å²) in [5.41, 5.74) is 3.98. The van der Waals surface area contributed by atoms with Gasteiger partial charge in [-0.3, -0.25) is 4.79 Å². The van der Waals surface area contributed by atoms with Crippen LogP contribution in [0.15, 0.2) is 59.7 Å². The third kappa shape index (κ3) is 10.2. The molecule has 0 unspecified atom stereocenters. The van der Waals surface area contributed by atoms with Gasteiger partial charge in [0.25, 0.3) is 5.97 Å². The van der Waals surface area contributed by atoms with E-state index in [1.54, 1.807) is 18.2 Å². The normalized spacial score (nSPS) is 10.8. The molecule has 9 nitrogen and oxygen atoms in total. The summed E-state index contributed by atoms with van der Waals surface area (Å²) in [6, 6.07) is 16.3. The first-order valence-corrected chi connectivity index (χ1v) is 10.2. The fraction of sp³-hybridized carbons (Fsp3) is 0.261. The van der Waals surface area contributed by atoms with Gasteiger partial charge in [-0.05, 0) is 32.4 Å². The first-order chi connectivity index (χ1) is 15.6. The van der Waals surface area contributed by atoms with Crippen molar-refractivity contribution in [1.29, 1.82) is 0 Å². The summed E-state index contributed by atoms with van der Waals surface area (Å²) in [7, 11) is 0. The number of hydrogen-bond donors (Lipinski definition) is 4. The molecule has 0 spiro atoms. The zero-order chi connectivity index (χ0) is 24.3. The van der Waals surface area contributed by atoms with E-state index in [1.807, 2.05) is 51.1 Å². The molecule has 4 N–H and O–H groups in total. The van der Waals surface area contributed by atoms with Crippen LogP contribution in [0.4, 0.5) is 22.2 Å². The minimum Gasteiger partial charge on any atom is -0.481 e. The van der Waals surface area contributed by atoms with Crippen LogP contribution in [0.2, 0.25) is 0 Å². The molecule has 0 bridgehead atoms. The summed E-state index contributed by atoms with van der Waals surface area (Å²) in [6.45, 7) is 7.68. The predicted octanol–water partition coefficient (Wildman–Crippen LogP) is 4.37. The standard InChI is InChI=1S/C21H24FN7.C2H4O2/c1-21(2,3)28-19-25-18(23-13-15-9-5-4-6-10-15)26-20(27-19)29-24-14-16-11-7-8-12-17(16)22;1-2(3)4/h4-12,14H,13H2,1-3H3,(H3,23,25,26,27,28,29);1H3,(H,3,4)/b24-14+;. The third-order valence-corrected chi connectivity index (χ3v) is 3.69. The van der Waals surface area contributed by atoms with Gasteiger partial charge >= 0.3 is 0 Å². The molecule has 0 saturated carbocycles. The molecule has 1 aromatic heterocycles. The maximum Gasteiger partial charge on any atom is 0.300 e. The van der Waals surface area contributed by atoms with Crippen LogP contribution in [-0.4, -0.2) is 37.8 Å². The van der Waals surface area contributed by atoms with E-state index >= 15 is 0 Å². The molecule has 0 saturated heterocycles. The van der Waals surface area contributed by atoms with Gasteiger partial charge in [0.05, 0.1) is 6.21 Å². The van der Waals surface area contributed by atoms with Crippen molar-refractivity contribution in [3.63, 3.8) is 0 Å². The van der Waals surface area contributed by atoms with Gasteiger partial charge in [0.2, 0.25) is 17.8 Å². The lowest BCUT2D eigenvalue weighted by atomic mass is 10.1. The van der Waals surface area contributed by atoms with Crippen molar-refractivity contribution in [2.24, 2.45) is 5.10 Å². The number of carboxylic acid groups (broad SMARTS) is 1. The van der Waals surface area contributed by atoms with E-state index < -0.39 is 5.97 Å². The van der Waals surface area contributed by atoms with Crippen molar-refractivity contribution in [3.05, 3.63) is 71.5 Å². The monoisotopic (exact) mass is 453 g/mol. The molecule has 3 aromatic rings. The van der Waals surface area contributed by atoms with Crippen LogP contribution in [-0.2, 0) is 11.3 Å². The summed E-state index contributed by atoms with van der Waals surface area (Å²) in [5, 5.41) is 17.9. The number of rotatable bonds is 7. The predicted molar refractivity (Wildman–Crippen MR) is 128 cm³/mol. The van der Waals surface area contributed by atoms with Gasteiger partial charge in [-0.15, -0.1) is 0 Å². The van der Waals surface area contributed by atoms with Crippen LogP contribution < -0.4 is 16.1 Å². The van der Waals surface area contributed by atoms with E-state index in [9.17, 15) is 4.39 Å². The Hall–Kier alpha value is -4.08. The van der Waals surface area contributed by atoms with Crippen molar-refractivity contribution < 1.29 is 14.3 Å². The molecule has 33 heavy (non-hydrogen) atoms. The van der Waals surface area contributed by atoms with Crippen LogP contribution in [0, 0.1) is 5.82 Å². The number of benzene rings is 2. The number of hydrogen-bond acceptors (Lipinski definition) is 8. The van der Waals surface area contributed by atoms with Crippen molar-refractivity contribution in [2.75, 3.05) is 16.1 Å². The first kappa shape index (κ1) is 25.2. The van der Waals surface area contributed by atoms with Crippen molar-refractivity contribution in [1.82, 2.24) is 15.0 Å². The Morgan fingerprint density at radius 1 is 1.00 bits per heavy atom. The van der Waals surface area contributed by atoms with Gasteiger partial charge in [0.15, 0.2) is 0 Å². The van der Waals surface area contributed by atoms with Crippen molar-refractivity contribution in [2.45, 2.75) is 39.8 Å². The summed E-state index contributed by atoms with van der Waals surface area (Å²) < 4.78 is 13.7. The van der Waals surface area contributed by atoms with E-state index in [0.717, 1.165) is 12.5 Å². The van der Waals surface area contributed by atoms with E-state index in [4.69, 9.17) is 9.90 Å². The van der Waals surface area contributed by atoms with Crippen LogP contribution in [0.25, 0.3) is 0 Å². The lowest BCUT2D eigenvalue weighted by Gasteiger charge is -2.20. The molecular weight excluding hydrogens is 425 g/mol. The van der Waals surface area contributed by atoms with Crippen molar-refractivity contribution >= 4 is 30.0 Å². The van der Waals surface area contributed by atoms with E-state index in [1.165, 1.54) is 12.3 Å². The Morgan fingerprint density at radius 2 is 1.58 bits per heavy atom. The number of anilines is 3. The Morgan fingerprint density at radius 3 is 2.21 bits per heavy atom. The highest BCUT2D eigenvalue weighted by Gasteiger charge is 2.14. The highest BCUT2D eigenvalue weighted by Crippen LogP contribution is 2.15. The molecular formula is C23H28FN7O2. The molecule has 0 aliphatic carbocycles. The second kappa shape index (κ2) is 12.1. The number of nitrogens with zero attached hydrogens (tertiary/aromatic N) is 4. The molecule has 0 fully saturated rings. The number of carboxylic acids is 1. The summed E-state index contributed by atoms with van der Waals surface area (Å²) >= 11 is 0. The minimum atomic E-state index is -0.833. The maximum atomic E-state index is 13.7. The molecule has 0 amide bonds. The minimum absolute atomic E-state index is 0.230. The molecule has 10 heteroatoms. The zero-order valence-corrected chi connectivity index (χ0v) is 19.0. The van der Waals surface area contributed by atoms with Crippen LogP contribution >= 0.6 is 0 Å². The lowest BCUT2D eigenvalue weighted by Crippen LogP contribution is -2.28. The van der Waals surface area contributed by atoms with E-state index in [-0.39, 0.29) is 17.3 Å². The van der Waals surface area contributed by atoms with Gasteiger partial charge in [-0.1, -0.05) is 48.5 Å². The number of halogens is 1. The Kier molecular flexibility index (Phi) is 9.22. The lowest BCUT2D eigenvalue weighted by molar-refractivity contribution is -0.134. The highest BCUT2D eigenvalue weighted by molar-refractivity contribution is 5.80. The average molecular weight is 454 g/mol. The number of aliphatic carboxylic acids is 1. The summed E-state index contributed by atoms with van der Waals surface area (Å²) in [4.78, 5) is 22.1. The number of hydrazone groups is 1. The van der Waals surface area contributed by atoms with Crippen LogP contribution in [0.3, 0.4) is 0 Å². The van der Waals surface area contributed by atoms with Gasteiger partial charge < -0.3 is 15.7 Å². The second-order valence-electron chi connectivity index (χ2n) is 7.93. The number of nitrogens with one attached hydrogen (secondary N) is 3. The zero-order valence-electron chi connectivity index (χ0n) is 19.0. The Bertz CT molecular complexity index is 1070. The van der Waals surface area contributed by atoms with E-state index in [0.29, 0.717) is 24.0 Å². The fourth-order valence-electron chi connectivity index (χ4n) is 2.41. The third-order valence-electron chi connectivity index (χ3n) is 3.69. The number of carbonyl (C=O) groups is 1. The van der Waals surface area contributed by atoms with Gasteiger partial charge in [0.1, 0.15) is 5.82 Å². The number of aromatic nitrogens is 3. The topological polar surface area (TPSA) is 124 Å². The van der Waals surface area contributed by atoms with Crippen LogP contribution in [0.5, 0.6) is 0 Å². The highest BCUT2D eigenvalue weighted by atomic mass is 19.1. The maximum absolute atomic E-state index is 13.7. The molecule has 0 aliphatic rings. The average Bonchev–Trinajstić information content (AvgIpc) is 2.73. The van der Waals surface area contributed by atoms with E-state index in [2.05, 4.69) is 36.1 Å². The van der Waals surface area contributed by atoms with Gasteiger partial charge in [-0.25, -0.2) is 9.82 Å². The Balaban J connectivity index is 0.000000890. The molecule has 174 valence electrons. The molecule has 1 heterocycles. The molecule has 0 atom stereocenters. The van der Waals surface area contributed by atoms with Crippen molar-refractivity contribution in [3.8, 4) is 0 Å². The van der Waals surface area contributed by atoms with Gasteiger partial charge in [-0.2, -0.15) is 20.1 Å². The molecule has 3 rings (SSSR count). The largest absolute Gasteiger partial charge is 0.481 e. The molecule has 0 aliphatic heterocycles. The SMILES string of the molecule is CC(=O)O.CC(C)(C)Nc1nc(NCc2ccccc2)nc(N/N=C/c2ccccc2F)n1. The quantitative estimate of drug-likeness (QED) is 0.307. The molecule has 0 radical (unpaired) electrons. The summed E-state index contributed by atoms with van der Waals surface area (Å²) in [6.07, 6.45) is 1.38. The fourth-order valence-corrected chi connectivity index (χ4v) is 2.41. The first-order valence-electron chi connectivity index (χ1n) is 10.2. The second-order valence-corrected chi connectivity index (χ2v) is 7.93.